The van der Waals surface area contributed by atoms with Crippen LogP contribution >= 0.6 is 11.3 Å². The monoisotopic (exact) mass is 370 g/mol. The number of hydrogen-bond acceptors (Lipinski definition) is 5. The maximum Gasteiger partial charge on any atom is 0.326 e. The van der Waals surface area contributed by atoms with Crippen molar-refractivity contribution in [2.75, 3.05) is 13.7 Å². The second kappa shape index (κ2) is 7.97. The molecule has 6 nitrogen and oxygen atoms in total. The first-order valence-electron chi connectivity index (χ1n) is 8.10. The first-order chi connectivity index (χ1) is 12.6. The summed E-state index contributed by atoms with van der Waals surface area (Å²) >= 11 is 1.35. The molecule has 0 aliphatic heterocycles. The van der Waals surface area contributed by atoms with Gasteiger partial charge < -0.3 is 14.0 Å². The summed E-state index contributed by atoms with van der Waals surface area (Å²) in [5, 5.41) is 0. The molecule has 0 saturated heterocycles. The van der Waals surface area contributed by atoms with Gasteiger partial charge in [-0.15, -0.1) is 0 Å². The number of ether oxygens (including phenoxy) is 2. The average molecular weight is 370 g/mol. The number of para-hydroxylation sites is 2. The van der Waals surface area contributed by atoms with Gasteiger partial charge in [0.15, 0.2) is 4.80 Å². The quantitative estimate of drug-likeness (QED) is 0.648. The van der Waals surface area contributed by atoms with Gasteiger partial charge in [0.1, 0.15) is 12.3 Å². The Balaban J connectivity index is 2.10. The summed E-state index contributed by atoms with van der Waals surface area (Å²) < 4.78 is 12.9. The van der Waals surface area contributed by atoms with Crippen LogP contribution in [0.25, 0.3) is 10.2 Å². The van der Waals surface area contributed by atoms with Crippen molar-refractivity contribution in [1.29, 1.82) is 0 Å². The Bertz CT molecular complexity index is 1020. The fraction of sp³-hybridized carbons (Fsp3) is 0.211. The highest BCUT2D eigenvalue weighted by molar-refractivity contribution is 7.16. The van der Waals surface area contributed by atoms with Gasteiger partial charge in [0.2, 0.25) is 0 Å². The van der Waals surface area contributed by atoms with Crippen LogP contribution in [0.5, 0.6) is 5.75 Å². The van der Waals surface area contributed by atoms with E-state index in [9.17, 15) is 9.59 Å². The van der Waals surface area contributed by atoms with Gasteiger partial charge in [0.05, 0.1) is 29.5 Å². The highest BCUT2D eigenvalue weighted by Gasteiger charge is 2.14. The number of esters is 1. The highest BCUT2D eigenvalue weighted by atomic mass is 32.1. The van der Waals surface area contributed by atoms with Crippen LogP contribution in [0.1, 0.15) is 17.3 Å². The smallest absolute Gasteiger partial charge is 0.326 e. The molecule has 0 N–H and O–H groups in total. The van der Waals surface area contributed by atoms with E-state index in [1.54, 1.807) is 35.8 Å². The molecule has 134 valence electrons. The first kappa shape index (κ1) is 17.9. The predicted molar refractivity (Wildman–Crippen MR) is 99.3 cm³/mol. The third kappa shape index (κ3) is 3.67. The van der Waals surface area contributed by atoms with E-state index in [0.717, 1.165) is 10.2 Å². The molecule has 0 atom stereocenters. The molecule has 7 heteroatoms. The van der Waals surface area contributed by atoms with E-state index in [-0.39, 0.29) is 12.5 Å². The summed E-state index contributed by atoms with van der Waals surface area (Å²) in [5.41, 5.74) is 1.20. The summed E-state index contributed by atoms with van der Waals surface area (Å²) in [6.45, 7) is 2.05. The lowest BCUT2D eigenvalue weighted by Gasteiger charge is -2.06. The summed E-state index contributed by atoms with van der Waals surface area (Å²) in [6, 6.07) is 14.5. The number of hydrogen-bond donors (Lipinski definition) is 0. The van der Waals surface area contributed by atoms with E-state index >= 15 is 0 Å². The van der Waals surface area contributed by atoms with Crippen LogP contribution in [0.3, 0.4) is 0 Å². The molecule has 2 aromatic carbocycles. The minimum Gasteiger partial charge on any atom is -0.496 e. The van der Waals surface area contributed by atoms with Crippen molar-refractivity contribution in [3.05, 3.63) is 58.9 Å². The molecule has 0 aliphatic carbocycles. The fourth-order valence-corrected chi connectivity index (χ4v) is 3.59. The van der Waals surface area contributed by atoms with Crippen LogP contribution in [0.2, 0.25) is 0 Å². The summed E-state index contributed by atoms with van der Waals surface area (Å²) in [6.07, 6.45) is 0. The largest absolute Gasteiger partial charge is 0.496 e. The van der Waals surface area contributed by atoms with Crippen molar-refractivity contribution >= 4 is 33.4 Å². The van der Waals surface area contributed by atoms with Crippen molar-refractivity contribution < 1.29 is 19.1 Å². The molecule has 1 amide bonds. The van der Waals surface area contributed by atoms with Crippen molar-refractivity contribution in [2.45, 2.75) is 13.5 Å². The van der Waals surface area contributed by atoms with Gasteiger partial charge in [0.25, 0.3) is 5.91 Å². The zero-order valence-corrected chi connectivity index (χ0v) is 15.3. The lowest BCUT2D eigenvalue weighted by atomic mass is 10.2. The molecular formula is C19H18N2O4S. The topological polar surface area (TPSA) is 69.9 Å². The Morgan fingerprint density at radius 1 is 1.12 bits per heavy atom. The van der Waals surface area contributed by atoms with Crippen LogP contribution in [-0.4, -0.2) is 30.2 Å². The third-order valence-corrected chi connectivity index (χ3v) is 4.77. The Morgan fingerprint density at radius 2 is 1.85 bits per heavy atom. The molecule has 0 spiro atoms. The van der Waals surface area contributed by atoms with Crippen LogP contribution in [-0.2, 0) is 16.1 Å². The Kier molecular flexibility index (Phi) is 5.48. The SMILES string of the molecule is CCOC(=O)Cn1c(=NC(=O)c2ccccc2OC)sc2ccccc21. The molecule has 0 aliphatic rings. The highest BCUT2D eigenvalue weighted by Crippen LogP contribution is 2.19. The van der Waals surface area contributed by atoms with Crippen molar-refractivity contribution in [3.63, 3.8) is 0 Å². The van der Waals surface area contributed by atoms with Crippen LogP contribution < -0.4 is 9.54 Å². The minimum absolute atomic E-state index is 0.00408. The molecule has 0 unspecified atom stereocenters. The summed E-state index contributed by atoms with van der Waals surface area (Å²) in [4.78, 5) is 29.3. The minimum atomic E-state index is -0.424. The number of amides is 1. The molecule has 26 heavy (non-hydrogen) atoms. The standard InChI is InChI=1S/C19H18N2O4S/c1-3-25-17(22)12-21-14-9-5-7-11-16(14)26-19(21)20-18(23)13-8-4-6-10-15(13)24-2/h4-11H,3,12H2,1-2H3. The number of nitrogens with zero attached hydrogens (tertiary/aromatic N) is 2. The maximum atomic E-state index is 12.7. The number of methoxy groups -OCH3 is 1. The van der Waals surface area contributed by atoms with Gasteiger partial charge >= 0.3 is 5.97 Å². The lowest BCUT2D eigenvalue weighted by molar-refractivity contribution is -0.143. The maximum absolute atomic E-state index is 12.7. The number of carbonyl (C=O) groups is 2. The molecule has 0 saturated carbocycles. The number of aromatic nitrogens is 1. The van der Waals surface area contributed by atoms with Gasteiger partial charge in [-0.2, -0.15) is 4.99 Å². The van der Waals surface area contributed by atoms with E-state index in [2.05, 4.69) is 4.99 Å². The number of thiazole rings is 1. The molecule has 1 aromatic heterocycles. The third-order valence-electron chi connectivity index (χ3n) is 3.72. The van der Waals surface area contributed by atoms with E-state index < -0.39 is 5.91 Å². The van der Waals surface area contributed by atoms with Crippen LogP contribution in [0, 0.1) is 0 Å². The number of rotatable bonds is 5. The van der Waals surface area contributed by atoms with Gasteiger partial charge in [-0.3, -0.25) is 9.59 Å². The normalized spacial score (nSPS) is 11.5. The fourth-order valence-electron chi connectivity index (χ4n) is 2.56. The second-order valence-electron chi connectivity index (χ2n) is 5.36. The summed E-state index contributed by atoms with van der Waals surface area (Å²) in [5.74, 6) is -0.340. The average Bonchev–Trinajstić information content (AvgIpc) is 2.99. The molecule has 0 fully saturated rings. The molecule has 3 rings (SSSR count). The zero-order valence-electron chi connectivity index (χ0n) is 14.5. The zero-order chi connectivity index (χ0) is 18.5. The lowest BCUT2D eigenvalue weighted by Crippen LogP contribution is -2.23. The molecule has 1 heterocycles. The van der Waals surface area contributed by atoms with E-state index in [1.165, 1.54) is 18.4 Å². The van der Waals surface area contributed by atoms with Gasteiger partial charge in [0, 0.05) is 0 Å². The second-order valence-corrected chi connectivity index (χ2v) is 6.37. The van der Waals surface area contributed by atoms with Crippen LogP contribution in [0.15, 0.2) is 53.5 Å². The Morgan fingerprint density at radius 3 is 2.62 bits per heavy atom. The van der Waals surface area contributed by atoms with Gasteiger partial charge in [-0.1, -0.05) is 35.6 Å². The van der Waals surface area contributed by atoms with Crippen molar-refractivity contribution in [3.8, 4) is 5.75 Å². The summed E-state index contributed by atoms with van der Waals surface area (Å²) in [7, 11) is 1.51. The number of fused-ring (bicyclic) bond motifs is 1. The molecule has 0 bridgehead atoms. The van der Waals surface area contributed by atoms with Gasteiger partial charge in [-0.05, 0) is 31.2 Å². The molecule has 3 aromatic rings. The Hall–Kier alpha value is -2.93. The Labute approximate surface area is 154 Å². The van der Waals surface area contributed by atoms with Crippen molar-refractivity contribution in [2.24, 2.45) is 4.99 Å². The van der Waals surface area contributed by atoms with Crippen LogP contribution in [0.4, 0.5) is 0 Å². The van der Waals surface area contributed by atoms with Gasteiger partial charge in [-0.25, -0.2) is 0 Å². The molecule has 0 radical (unpaired) electrons. The van der Waals surface area contributed by atoms with E-state index in [1.807, 2.05) is 24.3 Å². The van der Waals surface area contributed by atoms with Crippen molar-refractivity contribution in [1.82, 2.24) is 4.57 Å². The van der Waals surface area contributed by atoms with E-state index in [4.69, 9.17) is 9.47 Å². The number of carbonyl (C=O) groups excluding carboxylic acids is 2. The predicted octanol–water partition coefficient (Wildman–Crippen LogP) is 3.02. The first-order valence-corrected chi connectivity index (χ1v) is 8.91. The number of benzene rings is 2. The molecular weight excluding hydrogens is 352 g/mol. The van der Waals surface area contributed by atoms with E-state index in [0.29, 0.717) is 22.7 Å².